The molecule has 1 N–H and O–H groups in total. The normalized spacial score (nSPS) is 10.2. The number of nitrogens with zero attached hydrogens (tertiary/aromatic N) is 3. The number of methoxy groups -OCH3 is 1. The molecule has 0 saturated carbocycles. The van der Waals surface area contributed by atoms with E-state index < -0.39 is 0 Å². The summed E-state index contributed by atoms with van der Waals surface area (Å²) in [5.41, 5.74) is 0. The molecule has 90 valence electrons. The molecule has 0 fully saturated rings. The van der Waals surface area contributed by atoms with Crippen molar-refractivity contribution in [3.63, 3.8) is 0 Å². The Kier molecular flexibility index (Phi) is 5.48. The molecule has 1 rings (SSSR count). The van der Waals surface area contributed by atoms with E-state index in [0.29, 0.717) is 6.61 Å². The lowest BCUT2D eigenvalue weighted by Crippen LogP contribution is -2.28. The molecule has 1 heterocycles. The standard InChI is InChI=1S/C10H17BrN4O/c1-4-15(5-6-16-3)10-8(11)9(12-2)13-7-14-10/h7H,4-6H2,1-3H3,(H,12,13,14). The van der Waals surface area contributed by atoms with E-state index in [-0.39, 0.29) is 0 Å². The van der Waals surface area contributed by atoms with E-state index in [9.17, 15) is 0 Å². The Morgan fingerprint density at radius 3 is 2.81 bits per heavy atom. The number of ether oxygens (including phenoxy) is 1. The van der Waals surface area contributed by atoms with Gasteiger partial charge in [0.15, 0.2) is 0 Å². The van der Waals surface area contributed by atoms with Crippen molar-refractivity contribution in [3.05, 3.63) is 10.8 Å². The van der Waals surface area contributed by atoms with Gasteiger partial charge in [-0.2, -0.15) is 0 Å². The zero-order chi connectivity index (χ0) is 12.0. The number of anilines is 2. The highest BCUT2D eigenvalue weighted by molar-refractivity contribution is 9.10. The van der Waals surface area contributed by atoms with E-state index in [4.69, 9.17) is 4.74 Å². The van der Waals surface area contributed by atoms with Gasteiger partial charge in [-0.15, -0.1) is 0 Å². The lowest BCUT2D eigenvalue weighted by atomic mass is 10.4. The minimum Gasteiger partial charge on any atom is -0.383 e. The van der Waals surface area contributed by atoms with E-state index >= 15 is 0 Å². The maximum atomic E-state index is 5.08. The van der Waals surface area contributed by atoms with E-state index in [0.717, 1.165) is 29.2 Å². The fourth-order valence-corrected chi connectivity index (χ4v) is 2.02. The Bertz CT molecular complexity index is 335. The number of rotatable bonds is 6. The smallest absolute Gasteiger partial charge is 0.148 e. The number of aromatic nitrogens is 2. The van der Waals surface area contributed by atoms with Crippen LogP contribution in [0.4, 0.5) is 11.6 Å². The third kappa shape index (κ3) is 3.05. The molecule has 0 saturated heterocycles. The molecule has 0 spiro atoms. The van der Waals surface area contributed by atoms with Gasteiger partial charge in [0.25, 0.3) is 0 Å². The van der Waals surface area contributed by atoms with Gasteiger partial charge in [-0.3, -0.25) is 0 Å². The number of hydrogen-bond donors (Lipinski definition) is 1. The van der Waals surface area contributed by atoms with Crippen LogP contribution in [-0.2, 0) is 4.74 Å². The molecule has 0 amide bonds. The Hall–Kier alpha value is -0.880. The summed E-state index contributed by atoms with van der Waals surface area (Å²) in [5, 5.41) is 3.01. The van der Waals surface area contributed by atoms with Crippen molar-refractivity contribution in [1.29, 1.82) is 0 Å². The van der Waals surface area contributed by atoms with Crippen molar-refractivity contribution in [2.45, 2.75) is 6.92 Å². The molecular formula is C10H17BrN4O. The maximum Gasteiger partial charge on any atom is 0.148 e. The summed E-state index contributed by atoms with van der Waals surface area (Å²) < 4.78 is 5.96. The number of hydrogen-bond acceptors (Lipinski definition) is 5. The predicted molar refractivity (Wildman–Crippen MR) is 69.0 cm³/mol. The SMILES string of the molecule is CCN(CCOC)c1ncnc(NC)c1Br. The second kappa shape index (κ2) is 6.65. The highest BCUT2D eigenvalue weighted by Crippen LogP contribution is 2.28. The van der Waals surface area contributed by atoms with Crippen LogP contribution in [0.2, 0.25) is 0 Å². The minimum atomic E-state index is 0.680. The van der Waals surface area contributed by atoms with Crippen LogP contribution >= 0.6 is 15.9 Å². The van der Waals surface area contributed by atoms with Crippen molar-refractivity contribution in [2.75, 3.05) is 44.1 Å². The molecule has 0 bridgehead atoms. The van der Waals surface area contributed by atoms with Gasteiger partial charge in [-0.1, -0.05) is 0 Å². The zero-order valence-corrected chi connectivity index (χ0v) is 11.4. The van der Waals surface area contributed by atoms with Gasteiger partial charge in [0.1, 0.15) is 22.4 Å². The molecule has 0 unspecified atom stereocenters. The van der Waals surface area contributed by atoms with Gasteiger partial charge < -0.3 is 15.0 Å². The van der Waals surface area contributed by atoms with Gasteiger partial charge in [0.05, 0.1) is 6.61 Å². The quantitative estimate of drug-likeness (QED) is 0.864. The summed E-state index contributed by atoms with van der Waals surface area (Å²) in [6.45, 7) is 4.45. The second-order valence-corrected chi connectivity index (χ2v) is 3.98. The maximum absolute atomic E-state index is 5.08. The van der Waals surface area contributed by atoms with Gasteiger partial charge in [-0.25, -0.2) is 9.97 Å². The molecule has 16 heavy (non-hydrogen) atoms. The van der Waals surface area contributed by atoms with Crippen LogP contribution < -0.4 is 10.2 Å². The first kappa shape index (κ1) is 13.2. The fraction of sp³-hybridized carbons (Fsp3) is 0.600. The lowest BCUT2D eigenvalue weighted by molar-refractivity contribution is 0.205. The van der Waals surface area contributed by atoms with E-state index in [1.807, 2.05) is 7.05 Å². The highest BCUT2D eigenvalue weighted by Gasteiger charge is 2.13. The molecule has 0 atom stereocenters. The topological polar surface area (TPSA) is 50.3 Å². The third-order valence-corrected chi connectivity index (χ3v) is 2.98. The van der Waals surface area contributed by atoms with Crippen LogP contribution in [0.15, 0.2) is 10.8 Å². The molecule has 0 aliphatic heterocycles. The molecule has 6 heteroatoms. The summed E-state index contributed by atoms with van der Waals surface area (Å²) in [7, 11) is 3.53. The van der Waals surface area contributed by atoms with Crippen LogP contribution in [0.3, 0.4) is 0 Å². The largest absolute Gasteiger partial charge is 0.383 e. The number of halogens is 1. The van der Waals surface area contributed by atoms with E-state index in [1.54, 1.807) is 13.4 Å². The van der Waals surface area contributed by atoms with E-state index in [1.165, 1.54) is 0 Å². The highest BCUT2D eigenvalue weighted by atomic mass is 79.9. The molecule has 1 aromatic heterocycles. The number of nitrogens with one attached hydrogen (secondary N) is 1. The van der Waals surface area contributed by atoms with Gasteiger partial charge in [-0.05, 0) is 22.9 Å². The summed E-state index contributed by atoms with van der Waals surface area (Å²) >= 11 is 3.50. The third-order valence-electron chi connectivity index (χ3n) is 2.25. The van der Waals surface area contributed by atoms with Crippen LogP contribution in [0.1, 0.15) is 6.92 Å². The first-order valence-electron chi connectivity index (χ1n) is 5.16. The summed E-state index contributed by atoms with van der Waals surface area (Å²) in [6.07, 6.45) is 1.56. The summed E-state index contributed by atoms with van der Waals surface area (Å²) in [4.78, 5) is 10.5. The van der Waals surface area contributed by atoms with Crippen LogP contribution in [0.25, 0.3) is 0 Å². The van der Waals surface area contributed by atoms with Crippen molar-refractivity contribution < 1.29 is 4.74 Å². The molecule has 0 aromatic carbocycles. The monoisotopic (exact) mass is 288 g/mol. The minimum absolute atomic E-state index is 0.680. The first-order valence-corrected chi connectivity index (χ1v) is 5.96. The Morgan fingerprint density at radius 2 is 2.25 bits per heavy atom. The van der Waals surface area contributed by atoms with Crippen LogP contribution in [-0.4, -0.2) is 43.8 Å². The second-order valence-electron chi connectivity index (χ2n) is 3.18. The van der Waals surface area contributed by atoms with E-state index in [2.05, 4.69) is 43.0 Å². The summed E-state index contributed by atoms with van der Waals surface area (Å²) in [5.74, 6) is 1.68. The van der Waals surface area contributed by atoms with Gasteiger partial charge >= 0.3 is 0 Å². The van der Waals surface area contributed by atoms with Crippen molar-refractivity contribution in [2.24, 2.45) is 0 Å². The predicted octanol–water partition coefficient (Wildman–Crippen LogP) is 1.75. The zero-order valence-electron chi connectivity index (χ0n) is 9.83. The number of likely N-dealkylation sites (N-methyl/N-ethyl adjacent to an activating group) is 1. The van der Waals surface area contributed by atoms with Crippen LogP contribution in [0.5, 0.6) is 0 Å². The molecule has 0 aliphatic carbocycles. The van der Waals surface area contributed by atoms with Crippen LogP contribution in [0, 0.1) is 0 Å². The van der Waals surface area contributed by atoms with Crippen molar-refractivity contribution >= 4 is 27.6 Å². The molecule has 1 aromatic rings. The Balaban J connectivity index is 2.91. The van der Waals surface area contributed by atoms with Gasteiger partial charge in [0.2, 0.25) is 0 Å². The van der Waals surface area contributed by atoms with Gasteiger partial charge in [0, 0.05) is 27.2 Å². The van der Waals surface area contributed by atoms with Crippen molar-refractivity contribution in [3.8, 4) is 0 Å². The Labute approximate surface area is 104 Å². The average molecular weight is 289 g/mol. The van der Waals surface area contributed by atoms with Crippen molar-refractivity contribution in [1.82, 2.24) is 9.97 Å². The molecule has 5 nitrogen and oxygen atoms in total. The molecule has 0 aliphatic rings. The average Bonchev–Trinajstić information content (AvgIpc) is 2.32. The molecule has 0 radical (unpaired) electrons. The lowest BCUT2D eigenvalue weighted by Gasteiger charge is -2.23. The summed E-state index contributed by atoms with van der Waals surface area (Å²) in [6, 6.07) is 0. The molecular weight excluding hydrogens is 272 g/mol. The fourth-order valence-electron chi connectivity index (χ4n) is 1.37. The first-order chi connectivity index (χ1) is 7.74. The Morgan fingerprint density at radius 1 is 1.50 bits per heavy atom.